The highest BCUT2D eigenvalue weighted by atomic mass is 35.5. The highest BCUT2D eigenvalue weighted by molar-refractivity contribution is 6.35. The van der Waals surface area contributed by atoms with Gasteiger partial charge in [-0.2, -0.15) is 0 Å². The van der Waals surface area contributed by atoms with Gasteiger partial charge in [0.25, 0.3) is 5.56 Å². The largest absolute Gasteiger partial charge is 0.330 e. The van der Waals surface area contributed by atoms with Crippen molar-refractivity contribution in [3.63, 3.8) is 0 Å². The first-order valence-electron chi connectivity index (χ1n) is 9.75. The van der Waals surface area contributed by atoms with Gasteiger partial charge in [0.15, 0.2) is 0 Å². The maximum absolute atomic E-state index is 13.1. The summed E-state index contributed by atoms with van der Waals surface area (Å²) in [6.45, 7) is 10.7. The molecule has 0 aliphatic carbocycles. The zero-order chi connectivity index (χ0) is 20.4. The molecule has 0 bridgehead atoms. The summed E-state index contributed by atoms with van der Waals surface area (Å²) in [4.78, 5) is 17.9. The minimum absolute atomic E-state index is 0.114. The molecule has 1 heterocycles. The molecule has 27 heavy (non-hydrogen) atoms. The highest BCUT2D eigenvalue weighted by Gasteiger charge is 2.14. The van der Waals surface area contributed by atoms with Crippen molar-refractivity contribution in [3.05, 3.63) is 57.1 Å². The molecule has 0 atom stereocenters. The van der Waals surface area contributed by atoms with Crippen molar-refractivity contribution < 1.29 is 0 Å². The molecule has 0 aliphatic heterocycles. The molecule has 0 spiro atoms. The lowest BCUT2D eigenvalue weighted by atomic mass is 10.1. The van der Waals surface area contributed by atoms with Crippen LogP contribution in [0.5, 0.6) is 0 Å². The second kappa shape index (κ2) is 11.7. The number of benzene rings is 1. The Kier molecular flexibility index (Phi) is 10.0. The van der Waals surface area contributed by atoms with Gasteiger partial charge in [-0.25, -0.2) is 4.98 Å². The van der Waals surface area contributed by atoms with Gasteiger partial charge in [0.2, 0.25) is 0 Å². The van der Waals surface area contributed by atoms with E-state index in [9.17, 15) is 4.79 Å². The number of allylic oxidation sites excluding steroid dienone is 4. The van der Waals surface area contributed by atoms with E-state index in [0.29, 0.717) is 28.9 Å². The highest BCUT2D eigenvalue weighted by Crippen LogP contribution is 2.21. The fourth-order valence-electron chi connectivity index (χ4n) is 2.97. The summed E-state index contributed by atoms with van der Waals surface area (Å²) in [6.07, 6.45) is 7.60. The Bertz CT molecular complexity index is 866. The Balaban J connectivity index is 0.00000176. The summed E-state index contributed by atoms with van der Waals surface area (Å²) in [6, 6.07) is 5.38. The zero-order valence-electron chi connectivity index (χ0n) is 17.2. The van der Waals surface area contributed by atoms with Crippen LogP contribution in [-0.4, -0.2) is 16.1 Å². The van der Waals surface area contributed by atoms with Crippen LogP contribution in [0.1, 0.15) is 59.7 Å². The third-order valence-electron chi connectivity index (χ3n) is 4.09. The number of aryl methyl sites for hydroxylation is 1. The molecule has 0 radical (unpaired) electrons. The lowest BCUT2D eigenvalue weighted by Crippen LogP contribution is -2.24. The first-order valence-corrected chi connectivity index (χ1v) is 10.1. The predicted octanol–water partition coefficient (Wildman–Crippen LogP) is 5.57. The van der Waals surface area contributed by atoms with Crippen LogP contribution in [0.3, 0.4) is 0 Å². The Labute approximate surface area is 167 Å². The first kappa shape index (κ1) is 23.1. The number of nitrogens with two attached hydrogens (primary N) is 1. The Hall–Kier alpha value is -1.91. The van der Waals surface area contributed by atoms with Gasteiger partial charge in [0, 0.05) is 12.1 Å². The minimum atomic E-state index is -0.114. The minimum Gasteiger partial charge on any atom is -0.330 e. The summed E-state index contributed by atoms with van der Waals surface area (Å²) < 4.78 is 1.69. The van der Waals surface area contributed by atoms with Gasteiger partial charge < -0.3 is 5.73 Å². The van der Waals surface area contributed by atoms with Crippen LogP contribution in [0.2, 0.25) is 5.02 Å². The molecule has 2 aromatic rings. The molecule has 0 unspecified atom stereocenters. The van der Waals surface area contributed by atoms with E-state index in [0.717, 1.165) is 36.4 Å². The fourth-order valence-corrected chi connectivity index (χ4v) is 3.22. The number of rotatable bonds is 7. The summed E-state index contributed by atoms with van der Waals surface area (Å²) in [5.74, 6) is 0.756. The quantitative estimate of drug-likeness (QED) is 0.497. The number of fused-ring (bicyclic) bond motifs is 1. The molecule has 2 N–H and O–H groups in total. The smallest absolute Gasteiger partial charge is 0.267 e. The normalized spacial score (nSPS) is 12.1. The van der Waals surface area contributed by atoms with Gasteiger partial charge in [-0.15, -0.1) is 0 Å². The van der Waals surface area contributed by atoms with Crippen LogP contribution in [0.25, 0.3) is 16.6 Å². The third-order valence-corrected chi connectivity index (χ3v) is 4.40. The molecular formula is C22H32ClN3O. The second-order valence-electron chi connectivity index (χ2n) is 6.19. The van der Waals surface area contributed by atoms with Crippen molar-refractivity contribution in [1.29, 1.82) is 0 Å². The van der Waals surface area contributed by atoms with Crippen LogP contribution < -0.4 is 11.3 Å². The average Bonchev–Trinajstić information content (AvgIpc) is 2.63. The summed E-state index contributed by atoms with van der Waals surface area (Å²) >= 11 is 6.27. The number of nitrogens with zero attached hydrogens (tertiary/aromatic N) is 2. The Morgan fingerprint density at radius 2 is 1.96 bits per heavy atom. The number of unbranched alkanes of at least 4 members (excludes halogenated alkanes) is 1. The summed E-state index contributed by atoms with van der Waals surface area (Å²) in [5.41, 5.74) is 8.11. The lowest BCUT2D eigenvalue weighted by molar-refractivity contribution is 0.696. The van der Waals surface area contributed by atoms with E-state index in [4.69, 9.17) is 22.3 Å². The van der Waals surface area contributed by atoms with Crippen molar-refractivity contribution in [2.45, 2.75) is 60.3 Å². The number of halogens is 1. The lowest BCUT2D eigenvalue weighted by Gasteiger charge is -2.15. The van der Waals surface area contributed by atoms with Crippen LogP contribution in [0.4, 0.5) is 0 Å². The van der Waals surface area contributed by atoms with Crippen LogP contribution >= 0.6 is 11.6 Å². The molecule has 0 aliphatic rings. The van der Waals surface area contributed by atoms with Crippen molar-refractivity contribution in [1.82, 2.24) is 9.55 Å². The number of aromatic nitrogens is 2. The Morgan fingerprint density at radius 3 is 2.59 bits per heavy atom. The van der Waals surface area contributed by atoms with E-state index in [-0.39, 0.29) is 5.56 Å². The number of hydrogen-bond donors (Lipinski definition) is 1. The van der Waals surface area contributed by atoms with Gasteiger partial charge in [-0.1, -0.05) is 50.1 Å². The molecule has 148 valence electrons. The molecule has 1 aromatic heterocycles. The summed E-state index contributed by atoms with van der Waals surface area (Å²) in [7, 11) is 0. The van der Waals surface area contributed by atoms with E-state index in [1.807, 2.05) is 45.9 Å². The molecule has 0 fully saturated rings. The van der Waals surface area contributed by atoms with Crippen molar-refractivity contribution in [2.75, 3.05) is 6.54 Å². The molecule has 0 amide bonds. The average molecular weight is 390 g/mol. The van der Waals surface area contributed by atoms with Gasteiger partial charge in [0.1, 0.15) is 5.82 Å². The molecule has 2 rings (SSSR count). The van der Waals surface area contributed by atoms with E-state index < -0.39 is 0 Å². The predicted molar refractivity (Wildman–Crippen MR) is 118 cm³/mol. The third kappa shape index (κ3) is 6.05. The Morgan fingerprint density at radius 1 is 1.26 bits per heavy atom. The molecular weight excluding hydrogens is 358 g/mol. The van der Waals surface area contributed by atoms with Crippen molar-refractivity contribution in [3.8, 4) is 0 Å². The van der Waals surface area contributed by atoms with E-state index in [1.54, 1.807) is 10.6 Å². The van der Waals surface area contributed by atoms with Gasteiger partial charge >= 0.3 is 0 Å². The van der Waals surface area contributed by atoms with E-state index in [2.05, 4.69) is 13.0 Å². The monoisotopic (exact) mass is 389 g/mol. The zero-order valence-corrected chi connectivity index (χ0v) is 17.9. The van der Waals surface area contributed by atoms with Crippen molar-refractivity contribution in [2.24, 2.45) is 5.73 Å². The molecule has 0 saturated carbocycles. The van der Waals surface area contributed by atoms with Crippen LogP contribution in [0, 0.1) is 0 Å². The molecule has 0 saturated heterocycles. The molecule has 5 heteroatoms. The molecule has 1 aromatic carbocycles. The van der Waals surface area contributed by atoms with Crippen LogP contribution in [0.15, 0.2) is 40.7 Å². The van der Waals surface area contributed by atoms with Gasteiger partial charge in [-0.3, -0.25) is 9.36 Å². The number of hydrogen-bond acceptors (Lipinski definition) is 3. The van der Waals surface area contributed by atoms with E-state index >= 15 is 0 Å². The van der Waals surface area contributed by atoms with Crippen molar-refractivity contribution >= 4 is 28.2 Å². The standard InChI is InChI=1S/C20H26ClN3O.C2H6/c1-4-8-14(2)13-15(3)24-18(11-5-6-12-22)23-17-10-7-9-16(21)19(17)20(24)25;1-2/h7-10,13H,4-6,11-12,22H2,1-3H3;1-2H3/b14-8-,15-13+;. The van der Waals surface area contributed by atoms with E-state index in [1.165, 1.54) is 0 Å². The second-order valence-corrected chi connectivity index (χ2v) is 6.60. The van der Waals surface area contributed by atoms with Gasteiger partial charge in [-0.05, 0) is 57.9 Å². The summed E-state index contributed by atoms with van der Waals surface area (Å²) in [5, 5.41) is 0.905. The fraction of sp³-hybridized carbons (Fsp3) is 0.455. The van der Waals surface area contributed by atoms with Gasteiger partial charge in [0.05, 0.1) is 15.9 Å². The van der Waals surface area contributed by atoms with Crippen LogP contribution in [-0.2, 0) is 6.42 Å². The maximum atomic E-state index is 13.1. The molecule has 4 nitrogen and oxygen atoms in total. The SMILES string of the molecule is CC.CC/C=C(C)\C=C(/C)n1c(CCCCN)nc2cccc(Cl)c2c1=O. The first-order chi connectivity index (χ1) is 13.0. The topological polar surface area (TPSA) is 60.9 Å². The maximum Gasteiger partial charge on any atom is 0.267 e.